The third kappa shape index (κ3) is 2.49. The van der Waals surface area contributed by atoms with Crippen LogP contribution in [0.25, 0.3) is 0 Å². The van der Waals surface area contributed by atoms with Crippen LogP contribution in [0.15, 0.2) is 4.99 Å². The molecule has 1 unspecified atom stereocenters. The molecule has 0 aromatic heterocycles. The Morgan fingerprint density at radius 2 is 1.93 bits per heavy atom. The molecule has 0 amide bonds. The Bertz CT molecular complexity index is 257. The highest BCUT2D eigenvalue weighted by atomic mass is 32.2. The van der Waals surface area contributed by atoms with Gasteiger partial charge in [0.15, 0.2) is 5.17 Å². The lowest BCUT2D eigenvalue weighted by molar-refractivity contribution is 0.483. The molecule has 2 saturated carbocycles. The minimum absolute atomic E-state index is 0.765. The normalized spacial score (nSPS) is 31.6. The van der Waals surface area contributed by atoms with Crippen LogP contribution < -0.4 is 5.32 Å². The Morgan fingerprint density at radius 1 is 1.27 bits per heavy atom. The summed E-state index contributed by atoms with van der Waals surface area (Å²) in [5.74, 6) is 3.95. The summed E-state index contributed by atoms with van der Waals surface area (Å²) in [5.41, 5.74) is 0. The van der Waals surface area contributed by atoms with Crippen molar-refractivity contribution in [1.82, 2.24) is 5.32 Å². The molecule has 2 fully saturated rings. The maximum absolute atomic E-state index is 4.64. The summed E-state index contributed by atoms with van der Waals surface area (Å²) < 4.78 is 0. The van der Waals surface area contributed by atoms with Crippen LogP contribution in [0.5, 0.6) is 0 Å². The number of amidine groups is 1. The SMILES string of the molecule is CC1CN=C(NC(C2CC2)C2CC2)SC1. The fourth-order valence-electron chi connectivity index (χ4n) is 2.32. The van der Waals surface area contributed by atoms with E-state index in [1.54, 1.807) is 0 Å². The number of thioether (sulfide) groups is 1. The molecule has 1 N–H and O–H groups in total. The van der Waals surface area contributed by atoms with Crippen LogP contribution in [-0.2, 0) is 0 Å². The van der Waals surface area contributed by atoms with Gasteiger partial charge in [-0.3, -0.25) is 4.99 Å². The largest absolute Gasteiger partial charge is 0.362 e. The van der Waals surface area contributed by atoms with Gasteiger partial charge in [-0.1, -0.05) is 18.7 Å². The Labute approximate surface area is 96.3 Å². The Morgan fingerprint density at radius 3 is 2.40 bits per heavy atom. The van der Waals surface area contributed by atoms with Crippen LogP contribution >= 0.6 is 11.8 Å². The highest BCUT2D eigenvalue weighted by Crippen LogP contribution is 2.44. The van der Waals surface area contributed by atoms with Crippen LogP contribution in [0.3, 0.4) is 0 Å². The minimum Gasteiger partial charge on any atom is -0.362 e. The summed E-state index contributed by atoms with van der Waals surface area (Å²) in [6, 6.07) is 0.768. The molecule has 1 aliphatic heterocycles. The number of nitrogens with zero attached hydrogens (tertiary/aromatic N) is 1. The number of rotatable bonds is 3. The van der Waals surface area contributed by atoms with Crippen molar-refractivity contribution in [3.05, 3.63) is 0 Å². The van der Waals surface area contributed by atoms with Gasteiger partial charge in [0.2, 0.25) is 0 Å². The van der Waals surface area contributed by atoms with Crippen LogP contribution in [-0.4, -0.2) is 23.5 Å². The van der Waals surface area contributed by atoms with Gasteiger partial charge >= 0.3 is 0 Å². The summed E-state index contributed by atoms with van der Waals surface area (Å²) in [6.45, 7) is 3.31. The predicted molar refractivity (Wildman–Crippen MR) is 66.3 cm³/mol. The van der Waals surface area contributed by atoms with Gasteiger partial charge in [0.05, 0.1) is 0 Å². The van der Waals surface area contributed by atoms with Gasteiger partial charge in [0.1, 0.15) is 0 Å². The lowest BCUT2D eigenvalue weighted by atomic mass is 10.1. The standard InChI is InChI=1S/C12H20N2S/c1-8-6-13-12(15-7-8)14-11(9-2-3-9)10-4-5-10/h8-11H,2-7H2,1H3,(H,13,14). The zero-order valence-electron chi connectivity index (χ0n) is 9.41. The van der Waals surface area contributed by atoms with Gasteiger partial charge in [-0.05, 0) is 43.4 Å². The third-order valence-corrected chi connectivity index (χ3v) is 4.86. The molecule has 0 radical (unpaired) electrons. The lowest BCUT2D eigenvalue weighted by Crippen LogP contribution is -2.38. The van der Waals surface area contributed by atoms with E-state index in [-0.39, 0.29) is 0 Å². The second kappa shape index (κ2) is 4.00. The van der Waals surface area contributed by atoms with Gasteiger partial charge in [-0.2, -0.15) is 0 Å². The van der Waals surface area contributed by atoms with Gasteiger partial charge < -0.3 is 5.32 Å². The molecular weight excluding hydrogens is 204 g/mol. The van der Waals surface area contributed by atoms with Crippen molar-refractivity contribution in [2.24, 2.45) is 22.7 Å². The fourth-order valence-corrected chi connectivity index (χ4v) is 3.25. The van der Waals surface area contributed by atoms with Crippen molar-refractivity contribution in [3.63, 3.8) is 0 Å². The number of nitrogens with one attached hydrogen (secondary N) is 1. The first-order chi connectivity index (χ1) is 7.33. The highest BCUT2D eigenvalue weighted by molar-refractivity contribution is 8.13. The molecule has 2 aliphatic carbocycles. The van der Waals surface area contributed by atoms with Crippen molar-refractivity contribution >= 4 is 16.9 Å². The molecule has 0 spiro atoms. The van der Waals surface area contributed by atoms with Gasteiger partial charge in [0.25, 0.3) is 0 Å². The van der Waals surface area contributed by atoms with E-state index in [1.165, 1.54) is 36.6 Å². The van der Waals surface area contributed by atoms with Crippen molar-refractivity contribution in [3.8, 4) is 0 Å². The second-order valence-corrected chi connectivity index (χ2v) is 6.42. The van der Waals surface area contributed by atoms with Crippen molar-refractivity contribution in [2.45, 2.75) is 38.6 Å². The average Bonchev–Trinajstić information content (AvgIpc) is 3.11. The van der Waals surface area contributed by atoms with E-state index in [2.05, 4.69) is 17.2 Å². The van der Waals surface area contributed by atoms with Gasteiger partial charge in [-0.25, -0.2) is 0 Å². The van der Waals surface area contributed by atoms with E-state index in [1.807, 2.05) is 11.8 Å². The molecule has 0 saturated heterocycles. The summed E-state index contributed by atoms with van der Waals surface area (Å²) in [6.07, 6.45) is 5.79. The van der Waals surface area contributed by atoms with E-state index in [0.717, 1.165) is 30.3 Å². The molecule has 0 bridgehead atoms. The summed E-state index contributed by atoms with van der Waals surface area (Å²) >= 11 is 1.93. The zero-order chi connectivity index (χ0) is 10.3. The predicted octanol–water partition coefficient (Wildman–Crippen LogP) is 2.50. The quantitative estimate of drug-likeness (QED) is 0.796. The molecule has 3 rings (SSSR count). The van der Waals surface area contributed by atoms with E-state index in [4.69, 9.17) is 0 Å². The maximum atomic E-state index is 4.64. The van der Waals surface area contributed by atoms with E-state index < -0.39 is 0 Å². The molecule has 3 aliphatic rings. The molecule has 84 valence electrons. The first-order valence-corrected chi connectivity index (χ1v) is 7.25. The first kappa shape index (κ1) is 10.0. The topological polar surface area (TPSA) is 24.4 Å². The Kier molecular flexibility index (Phi) is 2.67. The van der Waals surface area contributed by atoms with Crippen molar-refractivity contribution in [2.75, 3.05) is 12.3 Å². The van der Waals surface area contributed by atoms with Gasteiger partial charge in [0, 0.05) is 18.3 Å². The number of hydrogen-bond donors (Lipinski definition) is 1. The van der Waals surface area contributed by atoms with E-state index >= 15 is 0 Å². The monoisotopic (exact) mass is 224 g/mol. The summed E-state index contributed by atoms with van der Waals surface area (Å²) in [7, 11) is 0. The molecule has 0 aromatic rings. The minimum atomic E-state index is 0.765. The van der Waals surface area contributed by atoms with Crippen LogP contribution in [0, 0.1) is 17.8 Å². The highest BCUT2D eigenvalue weighted by Gasteiger charge is 2.42. The second-order valence-electron chi connectivity index (χ2n) is 5.41. The third-order valence-electron chi connectivity index (χ3n) is 3.60. The summed E-state index contributed by atoms with van der Waals surface area (Å²) in [4.78, 5) is 4.64. The Hall–Kier alpha value is -0.180. The molecule has 2 nitrogen and oxygen atoms in total. The van der Waals surface area contributed by atoms with Crippen molar-refractivity contribution in [1.29, 1.82) is 0 Å². The molecule has 1 atom stereocenters. The van der Waals surface area contributed by atoms with Crippen molar-refractivity contribution < 1.29 is 0 Å². The summed E-state index contributed by atoms with van der Waals surface area (Å²) in [5, 5.41) is 4.95. The molecule has 15 heavy (non-hydrogen) atoms. The Balaban J connectivity index is 1.58. The molecular formula is C12H20N2S. The van der Waals surface area contributed by atoms with Crippen LogP contribution in [0.2, 0.25) is 0 Å². The molecule has 1 heterocycles. The van der Waals surface area contributed by atoms with Crippen LogP contribution in [0.4, 0.5) is 0 Å². The average molecular weight is 224 g/mol. The smallest absolute Gasteiger partial charge is 0.156 e. The lowest BCUT2D eigenvalue weighted by Gasteiger charge is -2.23. The fraction of sp³-hybridized carbons (Fsp3) is 0.917. The van der Waals surface area contributed by atoms with Crippen LogP contribution in [0.1, 0.15) is 32.6 Å². The van der Waals surface area contributed by atoms with E-state index in [0.29, 0.717) is 0 Å². The first-order valence-electron chi connectivity index (χ1n) is 6.26. The van der Waals surface area contributed by atoms with Gasteiger partial charge in [-0.15, -0.1) is 0 Å². The van der Waals surface area contributed by atoms with E-state index in [9.17, 15) is 0 Å². The maximum Gasteiger partial charge on any atom is 0.156 e. The zero-order valence-corrected chi connectivity index (χ0v) is 10.2. The molecule has 3 heteroatoms. The molecule has 0 aromatic carbocycles. The number of aliphatic imine (C=N–C) groups is 1. The number of hydrogen-bond acceptors (Lipinski definition) is 3.